The maximum absolute atomic E-state index is 14.2. The molecule has 0 spiro atoms. The maximum atomic E-state index is 14.2. The molecule has 0 radical (unpaired) electrons. The van der Waals surface area contributed by atoms with Gasteiger partial charge in [-0.1, -0.05) is 0 Å². The molecule has 1 atom stereocenters. The molecule has 0 aliphatic carbocycles. The molecule has 1 amide bonds. The number of nitrogens with zero attached hydrogens (tertiary/aromatic N) is 7. The highest BCUT2D eigenvalue weighted by Crippen LogP contribution is 2.27. The van der Waals surface area contributed by atoms with Crippen LogP contribution in [0.15, 0.2) is 43.1 Å². The number of nitriles is 1. The highest BCUT2D eigenvalue weighted by atomic mass is 19.1. The molecule has 37 heavy (non-hydrogen) atoms. The molecule has 0 fully saturated rings. The fraction of sp³-hybridized carbons (Fsp3) is 0.333. The number of aromatic nitrogens is 6. The Hall–Kier alpha value is -4.44. The van der Waals surface area contributed by atoms with E-state index >= 15 is 0 Å². The van der Waals surface area contributed by atoms with E-state index in [0.717, 1.165) is 0 Å². The van der Waals surface area contributed by atoms with Gasteiger partial charge in [0.05, 0.1) is 65.6 Å². The van der Waals surface area contributed by atoms with Crippen LogP contribution in [0, 0.1) is 11.3 Å². The lowest BCUT2D eigenvalue weighted by Gasteiger charge is -2.22. The van der Waals surface area contributed by atoms with Crippen LogP contribution in [0.5, 0.6) is 0 Å². The Morgan fingerprint density at radius 2 is 2.03 bits per heavy atom. The number of hydrogen-bond acceptors (Lipinski definition) is 8. The van der Waals surface area contributed by atoms with Crippen molar-refractivity contribution in [2.24, 2.45) is 0 Å². The molecule has 0 unspecified atom stereocenters. The zero-order chi connectivity index (χ0) is 26.6. The van der Waals surface area contributed by atoms with E-state index in [1.54, 1.807) is 29.2 Å². The summed E-state index contributed by atoms with van der Waals surface area (Å²) in [6, 6.07) is 5.21. The van der Waals surface area contributed by atoms with E-state index in [0.29, 0.717) is 46.9 Å². The summed E-state index contributed by atoms with van der Waals surface area (Å²) in [5.41, 5.74) is 1.13. The van der Waals surface area contributed by atoms with Gasteiger partial charge in [-0.15, -0.1) is 0 Å². The second-order valence-corrected chi connectivity index (χ2v) is 8.88. The largest absolute Gasteiger partial charge is 0.387 e. The van der Waals surface area contributed by atoms with E-state index in [4.69, 9.17) is 5.26 Å². The Labute approximate surface area is 210 Å². The number of halogens is 2. The Balaban J connectivity index is 1.68. The number of aliphatic hydroxyl groups is 1. The monoisotopic (exact) mass is 509 g/mol. The second-order valence-electron chi connectivity index (χ2n) is 8.88. The van der Waals surface area contributed by atoms with Gasteiger partial charge in [-0.3, -0.25) is 18.9 Å². The van der Waals surface area contributed by atoms with Crippen LogP contribution in [-0.4, -0.2) is 65.4 Å². The van der Waals surface area contributed by atoms with Crippen molar-refractivity contribution in [2.75, 3.05) is 18.5 Å². The Morgan fingerprint density at radius 1 is 1.22 bits per heavy atom. The first kappa shape index (κ1) is 25.6. The molecule has 3 N–H and O–H groups in total. The molecule has 4 aromatic rings. The summed E-state index contributed by atoms with van der Waals surface area (Å²) in [4.78, 5) is 21.6. The third-order valence-corrected chi connectivity index (χ3v) is 5.54. The van der Waals surface area contributed by atoms with E-state index in [1.165, 1.54) is 37.0 Å². The maximum Gasteiger partial charge on any atom is 0.255 e. The summed E-state index contributed by atoms with van der Waals surface area (Å²) < 4.78 is 29.8. The molecular weight excluding hydrogens is 484 g/mol. The number of carbonyl (C=O) groups excluding carboxylic acids is 1. The van der Waals surface area contributed by atoms with Gasteiger partial charge in [0.25, 0.3) is 5.91 Å². The molecule has 4 rings (SSSR count). The van der Waals surface area contributed by atoms with Gasteiger partial charge in [-0.05, 0) is 26.3 Å². The van der Waals surface area contributed by atoms with Crippen molar-refractivity contribution in [3.05, 3.63) is 54.2 Å². The SMILES string of the molecule is CC(C)(O)[C@H](F)CNC(=O)c1cnc(-c2cnc3cc(C#N)cnn23)cc1Nc1cnn(CCCF)c1. The molecule has 0 saturated carbocycles. The molecular formula is C24H25F2N9O2. The van der Waals surface area contributed by atoms with Gasteiger partial charge in [-0.2, -0.15) is 15.5 Å². The quantitative estimate of drug-likeness (QED) is 0.296. The van der Waals surface area contributed by atoms with Crippen LogP contribution >= 0.6 is 0 Å². The van der Waals surface area contributed by atoms with Crippen LogP contribution in [0.2, 0.25) is 0 Å². The summed E-state index contributed by atoms with van der Waals surface area (Å²) in [7, 11) is 0. The predicted molar refractivity (Wildman–Crippen MR) is 131 cm³/mol. The van der Waals surface area contributed by atoms with Gasteiger partial charge in [0.15, 0.2) is 5.65 Å². The summed E-state index contributed by atoms with van der Waals surface area (Å²) in [6.07, 6.45) is 6.11. The fourth-order valence-corrected chi connectivity index (χ4v) is 3.45. The molecule has 0 saturated heterocycles. The molecule has 192 valence electrons. The number of amides is 1. The van der Waals surface area contributed by atoms with Crippen molar-refractivity contribution in [3.8, 4) is 17.5 Å². The average Bonchev–Trinajstić information content (AvgIpc) is 3.51. The van der Waals surface area contributed by atoms with Crippen molar-refractivity contribution in [3.63, 3.8) is 0 Å². The van der Waals surface area contributed by atoms with Crippen molar-refractivity contribution >= 4 is 22.9 Å². The number of aryl methyl sites for hydroxylation is 1. The number of hydrogen-bond donors (Lipinski definition) is 3. The highest BCUT2D eigenvalue weighted by molar-refractivity contribution is 6.00. The lowest BCUT2D eigenvalue weighted by molar-refractivity contribution is -0.00177. The zero-order valence-corrected chi connectivity index (χ0v) is 20.2. The lowest BCUT2D eigenvalue weighted by Crippen LogP contribution is -2.42. The van der Waals surface area contributed by atoms with Crippen LogP contribution in [0.4, 0.5) is 20.2 Å². The van der Waals surface area contributed by atoms with Gasteiger partial charge in [-0.25, -0.2) is 13.9 Å². The van der Waals surface area contributed by atoms with Gasteiger partial charge >= 0.3 is 0 Å². The normalized spacial score (nSPS) is 12.3. The molecule has 4 aromatic heterocycles. The number of imidazole rings is 1. The molecule has 0 bridgehead atoms. The number of carbonyl (C=O) groups is 1. The topological polar surface area (TPSA) is 146 Å². The minimum absolute atomic E-state index is 0.122. The number of alkyl halides is 2. The first-order valence-corrected chi connectivity index (χ1v) is 11.4. The standard InChI is InChI=1S/C24H25F2N9O2/c1-24(2,37)21(26)13-30-23(36)17-11-28-19(20-12-29-22-6-15(8-27)9-32-35(20)22)7-18(17)33-16-10-31-34(14-16)5-3-4-25/h6-7,9-12,14,21,37H,3-5,13H2,1-2H3,(H,28,33)(H,30,36)/t21-/m1/s1. The lowest BCUT2D eigenvalue weighted by atomic mass is 10.0. The van der Waals surface area contributed by atoms with E-state index in [1.807, 2.05) is 6.07 Å². The molecule has 0 aliphatic rings. The summed E-state index contributed by atoms with van der Waals surface area (Å²) in [5.74, 6) is -0.604. The van der Waals surface area contributed by atoms with Gasteiger partial charge in [0.1, 0.15) is 17.9 Å². The second kappa shape index (κ2) is 10.7. The van der Waals surface area contributed by atoms with Crippen LogP contribution in [0.3, 0.4) is 0 Å². The van der Waals surface area contributed by atoms with Gasteiger partial charge in [0.2, 0.25) is 0 Å². The van der Waals surface area contributed by atoms with Crippen LogP contribution in [0.25, 0.3) is 17.0 Å². The van der Waals surface area contributed by atoms with Crippen LogP contribution in [-0.2, 0) is 6.54 Å². The summed E-state index contributed by atoms with van der Waals surface area (Å²) >= 11 is 0. The van der Waals surface area contributed by atoms with Crippen molar-refractivity contribution < 1.29 is 18.7 Å². The summed E-state index contributed by atoms with van der Waals surface area (Å²) in [6.45, 7) is 2.15. The minimum Gasteiger partial charge on any atom is -0.387 e. The average molecular weight is 510 g/mol. The van der Waals surface area contributed by atoms with E-state index in [9.17, 15) is 18.7 Å². The minimum atomic E-state index is -1.68. The van der Waals surface area contributed by atoms with Crippen LogP contribution < -0.4 is 10.6 Å². The number of pyridine rings is 1. The van der Waals surface area contributed by atoms with E-state index in [-0.39, 0.29) is 5.56 Å². The van der Waals surface area contributed by atoms with Crippen molar-refractivity contribution in [2.45, 2.75) is 38.6 Å². The molecule has 13 heteroatoms. The van der Waals surface area contributed by atoms with E-state index < -0.39 is 30.9 Å². The first-order valence-electron chi connectivity index (χ1n) is 11.4. The van der Waals surface area contributed by atoms with Crippen LogP contribution in [0.1, 0.15) is 36.2 Å². The number of rotatable bonds is 10. The van der Waals surface area contributed by atoms with Gasteiger partial charge in [0, 0.05) is 25.0 Å². The summed E-state index contributed by atoms with van der Waals surface area (Å²) in [5, 5.41) is 33.0. The Bertz CT molecular complexity index is 1450. The third-order valence-electron chi connectivity index (χ3n) is 5.54. The number of anilines is 2. The fourth-order valence-electron chi connectivity index (χ4n) is 3.45. The van der Waals surface area contributed by atoms with Crippen molar-refractivity contribution in [1.29, 1.82) is 5.26 Å². The Morgan fingerprint density at radius 3 is 2.76 bits per heavy atom. The predicted octanol–water partition coefficient (Wildman–Crippen LogP) is 2.80. The molecule has 4 heterocycles. The third kappa shape index (κ3) is 5.87. The molecule has 0 aliphatic heterocycles. The highest BCUT2D eigenvalue weighted by Gasteiger charge is 2.27. The van der Waals surface area contributed by atoms with Crippen molar-refractivity contribution in [1.82, 2.24) is 34.7 Å². The van der Waals surface area contributed by atoms with E-state index in [2.05, 4.69) is 30.8 Å². The number of fused-ring (bicyclic) bond motifs is 1. The number of nitrogens with one attached hydrogen (secondary N) is 2. The first-order chi connectivity index (χ1) is 17.7. The smallest absolute Gasteiger partial charge is 0.255 e. The Kier molecular flexibility index (Phi) is 7.40. The molecule has 11 nitrogen and oxygen atoms in total. The zero-order valence-electron chi connectivity index (χ0n) is 20.2. The molecule has 0 aromatic carbocycles. The van der Waals surface area contributed by atoms with Gasteiger partial charge < -0.3 is 15.7 Å².